The number of hydrogen-bond acceptors (Lipinski definition) is 3. The molecule has 0 saturated carbocycles. The van der Waals surface area contributed by atoms with E-state index in [0.717, 1.165) is 27.1 Å². The van der Waals surface area contributed by atoms with Crippen LogP contribution in [0, 0.1) is 0 Å². The minimum atomic E-state index is 0.544. The Morgan fingerprint density at radius 2 is 1.90 bits per heavy atom. The summed E-state index contributed by atoms with van der Waals surface area (Å²) in [5.74, 6) is 0. The second-order valence-electron chi connectivity index (χ2n) is 4.46. The molecule has 0 aliphatic carbocycles. The molecule has 3 rings (SSSR count). The molecule has 6 heteroatoms. The average molecular weight is 364 g/mol. The van der Waals surface area contributed by atoms with E-state index in [-0.39, 0.29) is 0 Å². The number of nitrogens with zero attached hydrogens (tertiary/aromatic N) is 2. The molecule has 0 bridgehead atoms. The molecule has 0 aliphatic rings. The van der Waals surface area contributed by atoms with Crippen LogP contribution >= 0.6 is 27.5 Å². The third-order valence-corrected chi connectivity index (χ3v) is 3.85. The van der Waals surface area contributed by atoms with Crippen molar-refractivity contribution in [3.63, 3.8) is 0 Å². The number of halogens is 2. The Hall–Kier alpha value is -1.85. The van der Waals surface area contributed by atoms with Crippen molar-refractivity contribution in [1.29, 1.82) is 0 Å². The maximum Gasteiger partial charge on any atom is 0.117 e. The van der Waals surface area contributed by atoms with Gasteiger partial charge in [0.25, 0.3) is 0 Å². The number of H-pyrrole nitrogens is 1. The van der Waals surface area contributed by atoms with Gasteiger partial charge in [0.1, 0.15) is 11.4 Å². The van der Waals surface area contributed by atoms with Crippen molar-refractivity contribution in [3.8, 4) is 11.3 Å². The first-order valence-corrected chi connectivity index (χ1v) is 7.55. The highest BCUT2D eigenvalue weighted by Gasteiger charge is 2.10. The van der Waals surface area contributed by atoms with Gasteiger partial charge in [0.2, 0.25) is 0 Å². The van der Waals surface area contributed by atoms with Gasteiger partial charge < -0.3 is 5.32 Å². The number of anilines is 1. The molecule has 0 fully saturated rings. The lowest BCUT2D eigenvalue weighted by atomic mass is 10.1. The fourth-order valence-corrected chi connectivity index (χ4v) is 2.76. The average Bonchev–Trinajstić information content (AvgIpc) is 2.96. The summed E-state index contributed by atoms with van der Waals surface area (Å²) in [5, 5.41) is 15.0. The van der Waals surface area contributed by atoms with Gasteiger partial charge in [0.15, 0.2) is 0 Å². The van der Waals surface area contributed by atoms with Gasteiger partial charge >= 0.3 is 0 Å². The highest BCUT2D eigenvalue weighted by molar-refractivity contribution is 9.10. The summed E-state index contributed by atoms with van der Waals surface area (Å²) < 4.78 is 0.949. The van der Waals surface area contributed by atoms with Crippen molar-refractivity contribution in [3.05, 3.63) is 63.7 Å². The Balaban J connectivity index is 1.79. The Morgan fingerprint density at radius 3 is 2.67 bits per heavy atom. The molecule has 0 saturated heterocycles. The van der Waals surface area contributed by atoms with Gasteiger partial charge in [-0.2, -0.15) is 15.4 Å². The number of aromatic amines is 1. The van der Waals surface area contributed by atoms with Crippen LogP contribution in [-0.2, 0) is 6.54 Å². The summed E-state index contributed by atoms with van der Waals surface area (Å²) in [7, 11) is 0. The molecule has 21 heavy (non-hydrogen) atoms. The zero-order valence-electron chi connectivity index (χ0n) is 11.0. The van der Waals surface area contributed by atoms with E-state index in [2.05, 4.69) is 36.7 Å². The molecule has 106 valence electrons. The zero-order valence-corrected chi connectivity index (χ0v) is 13.3. The first kappa shape index (κ1) is 14.1. The van der Waals surface area contributed by atoms with Gasteiger partial charge in [0.05, 0.1) is 17.3 Å². The van der Waals surface area contributed by atoms with E-state index in [1.54, 1.807) is 0 Å². The zero-order chi connectivity index (χ0) is 14.7. The van der Waals surface area contributed by atoms with Crippen molar-refractivity contribution in [2.24, 2.45) is 0 Å². The Morgan fingerprint density at radius 1 is 1.10 bits per heavy atom. The Labute approximate surface area is 135 Å². The molecule has 0 atom stereocenters. The van der Waals surface area contributed by atoms with Crippen LogP contribution in [-0.4, -0.2) is 15.4 Å². The van der Waals surface area contributed by atoms with Crippen molar-refractivity contribution >= 4 is 33.2 Å². The van der Waals surface area contributed by atoms with Gasteiger partial charge in [-0.3, -0.25) is 0 Å². The standard InChI is InChI=1S/C15H12BrClN4/c16-11-6-7-13(12(17)8-11)18-9-14-15(20-21-19-14)10-4-2-1-3-5-10/h1-8,18H,9H2,(H,19,20,21). The second-order valence-corrected chi connectivity index (χ2v) is 5.79. The minimum absolute atomic E-state index is 0.544. The number of hydrogen-bond donors (Lipinski definition) is 2. The smallest absolute Gasteiger partial charge is 0.117 e. The first-order chi connectivity index (χ1) is 10.2. The van der Waals surface area contributed by atoms with Crippen LogP contribution < -0.4 is 5.32 Å². The van der Waals surface area contributed by atoms with Crippen molar-refractivity contribution in [2.45, 2.75) is 6.54 Å². The SMILES string of the molecule is Clc1cc(Br)ccc1NCc1n[nH]nc1-c1ccccc1. The summed E-state index contributed by atoms with van der Waals surface area (Å²) in [4.78, 5) is 0. The van der Waals surface area contributed by atoms with Gasteiger partial charge in [-0.25, -0.2) is 0 Å². The molecule has 4 nitrogen and oxygen atoms in total. The lowest BCUT2D eigenvalue weighted by molar-refractivity contribution is 0.911. The van der Waals surface area contributed by atoms with Gasteiger partial charge in [-0.05, 0) is 18.2 Å². The third kappa shape index (κ3) is 3.25. The van der Waals surface area contributed by atoms with E-state index in [9.17, 15) is 0 Å². The maximum atomic E-state index is 6.19. The van der Waals surface area contributed by atoms with Gasteiger partial charge in [-0.1, -0.05) is 57.9 Å². The number of rotatable bonds is 4. The van der Waals surface area contributed by atoms with Crippen LogP contribution in [0.25, 0.3) is 11.3 Å². The largest absolute Gasteiger partial charge is 0.378 e. The van der Waals surface area contributed by atoms with Crippen LogP contribution in [0.2, 0.25) is 5.02 Å². The molecular weight excluding hydrogens is 352 g/mol. The topological polar surface area (TPSA) is 53.6 Å². The van der Waals surface area contributed by atoms with Crippen LogP contribution in [0.3, 0.4) is 0 Å². The molecule has 2 N–H and O–H groups in total. The lowest BCUT2D eigenvalue weighted by Crippen LogP contribution is -2.02. The Kier molecular flexibility index (Phi) is 4.22. The third-order valence-electron chi connectivity index (χ3n) is 3.04. The van der Waals surface area contributed by atoms with Crippen molar-refractivity contribution in [2.75, 3.05) is 5.32 Å². The fourth-order valence-electron chi connectivity index (χ4n) is 2.02. The second kappa shape index (κ2) is 6.28. The molecule has 3 aromatic rings. The normalized spacial score (nSPS) is 10.6. The molecule has 0 aliphatic heterocycles. The predicted octanol–water partition coefficient (Wildman–Crippen LogP) is 4.50. The van der Waals surface area contributed by atoms with Crippen LogP contribution in [0.5, 0.6) is 0 Å². The van der Waals surface area contributed by atoms with E-state index >= 15 is 0 Å². The molecular formula is C15H12BrClN4. The summed E-state index contributed by atoms with van der Waals surface area (Å²) in [6.45, 7) is 0.544. The van der Waals surface area contributed by atoms with Crippen LogP contribution in [0.1, 0.15) is 5.69 Å². The number of nitrogens with one attached hydrogen (secondary N) is 2. The monoisotopic (exact) mass is 362 g/mol. The number of benzene rings is 2. The van der Waals surface area contributed by atoms with E-state index in [1.807, 2.05) is 48.5 Å². The molecule has 1 heterocycles. The number of aromatic nitrogens is 3. The van der Waals surface area contributed by atoms with Crippen LogP contribution in [0.4, 0.5) is 5.69 Å². The van der Waals surface area contributed by atoms with Gasteiger partial charge in [-0.15, -0.1) is 0 Å². The van der Waals surface area contributed by atoms with E-state index in [4.69, 9.17) is 11.6 Å². The Bertz CT molecular complexity index is 742. The molecule has 0 amide bonds. The maximum absolute atomic E-state index is 6.19. The molecule has 0 spiro atoms. The predicted molar refractivity (Wildman–Crippen MR) is 88.3 cm³/mol. The van der Waals surface area contributed by atoms with Gasteiger partial charge in [0, 0.05) is 10.0 Å². The van der Waals surface area contributed by atoms with E-state index < -0.39 is 0 Å². The first-order valence-electron chi connectivity index (χ1n) is 6.38. The lowest BCUT2D eigenvalue weighted by Gasteiger charge is -2.08. The van der Waals surface area contributed by atoms with Crippen LogP contribution in [0.15, 0.2) is 53.0 Å². The highest BCUT2D eigenvalue weighted by Crippen LogP contribution is 2.27. The molecule has 1 aromatic heterocycles. The van der Waals surface area contributed by atoms with Crippen molar-refractivity contribution < 1.29 is 0 Å². The fraction of sp³-hybridized carbons (Fsp3) is 0.0667. The molecule has 2 aromatic carbocycles. The molecule has 0 unspecified atom stereocenters. The summed E-state index contributed by atoms with van der Waals surface area (Å²) >= 11 is 9.58. The summed E-state index contributed by atoms with van der Waals surface area (Å²) in [6, 6.07) is 15.7. The van der Waals surface area contributed by atoms with E-state index in [0.29, 0.717) is 11.6 Å². The summed E-state index contributed by atoms with van der Waals surface area (Å²) in [5.41, 5.74) is 3.59. The minimum Gasteiger partial charge on any atom is -0.378 e. The highest BCUT2D eigenvalue weighted by atomic mass is 79.9. The van der Waals surface area contributed by atoms with Crippen molar-refractivity contribution in [1.82, 2.24) is 15.4 Å². The quantitative estimate of drug-likeness (QED) is 0.717. The van der Waals surface area contributed by atoms with E-state index in [1.165, 1.54) is 0 Å². The summed E-state index contributed by atoms with van der Waals surface area (Å²) in [6.07, 6.45) is 0. The molecule has 0 radical (unpaired) electrons.